The van der Waals surface area contributed by atoms with E-state index in [0.29, 0.717) is 11.5 Å². The van der Waals surface area contributed by atoms with Gasteiger partial charge in [0, 0.05) is 6.54 Å². The molecular formula is C13H14N2O2. The number of hydrogen-bond acceptors (Lipinski definition) is 2. The highest BCUT2D eigenvalue weighted by atomic mass is 16.4. The van der Waals surface area contributed by atoms with Crippen molar-refractivity contribution in [3.63, 3.8) is 0 Å². The van der Waals surface area contributed by atoms with Crippen LogP contribution in [-0.2, 0) is 6.54 Å². The van der Waals surface area contributed by atoms with E-state index < -0.39 is 5.97 Å². The molecule has 1 heterocycles. The first kappa shape index (κ1) is 10.3. The fraction of sp³-hybridized carbons (Fsp3) is 0.385. The summed E-state index contributed by atoms with van der Waals surface area (Å²) in [6.07, 6.45) is 2.98. The summed E-state index contributed by atoms with van der Waals surface area (Å²) in [6.45, 7) is 3.10. The third kappa shape index (κ3) is 1.69. The lowest BCUT2D eigenvalue weighted by atomic mass is 10.2. The quantitative estimate of drug-likeness (QED) is 0.880. The Morgan fingerprint density at radius 3 is 3.00 bits per heavy atom. The molecule has 88 valence electrons. The number of aromatic nitrogens is 2. The van der Waals surface area contributed by atoms with Gasteiger partial charge in [0.1, 0.15) is 0 Å². The molecule has 1 N–H and O–H groups in total. The summed E-state index contributed by atoms with van der Waals surface area (Å²) in [5, 5.41) is 9.19. The van der Waals surface area contributed by atoms with Crippen molar-refractivity contribution in [2.24, 2.45) is 11.8 Å². The Bertz CT molecular complexity index is 588. The average molecular weight is 230 g/mol. The number of para-hydroxylation sites is 1. The maximum atomic E-state index is 11.2. The van der Waals surface area contributed by atoms with E-state index in [9.17, 15) is 9.90 Å². The van der Waals surface area contributed by atoms with Crippen molar-refractivity contribution in [2.45, 2.75) is 19.9 Å². The summed E-state index contributed by atoms with van der Waals surface area (Å²) in [5.74, 6) is 0.542. The van der Waals surface area contributed by atoms with E-state index in [1.54, 1.807) is 18.5 Å². The van der Waals surface area contributed by atoms with Gasteiger partial charge in [0.2, 0.25) is 0 Å². The Hall–Kier alpha value is -1.84. The number of imidazole rings is 1. The number of hydrogen-bond donors (Lipinski definition) is 1. The molecule has 4 nitrogen and oxygen atoms in total. The van der Waals surface area contributed by atoms with E-state index in [2.05, 4.69) is 11.9 Å². The maximum absolute atomic E-state index is 11.2. The Morgan fingerprint density at radius 1 is 1.59 bits per heavy atom. The molecule has 1 aliphatic rings. The highest BCUT2D eigenvalue weighted by molar-refractivity contribution is 6.01. The van der Waals surface area contributed by atoms with Crippen LogP contribution in [0.3, 0.4) is 0 Å². The summed E-state index contributed by atoms with van der Waals surface area (Å²) < 4.78 is 1.98. The molecule has 2 unspecified atom stereocenters. The van der Waals surface area contributed by atoms with Gasteiger partial charge in [-0.2, -0.15) is 0 Å². The van der Waals surface area contributed by atoms with Crippen molar-refractivity contribution in [1.29, 1.82) is 0 Å². The molecular weight excluding hydrogens is 216 g/mol. The zero-order valence-corrected chi connectivity index (χ0v) is 9.63. The van der Waals surface area contributed by atoms with Crippen molar-refractivity contribution in [2.75, 3.05) is 0 Å². The molecule has 2 aromatic rings. The molecule has 2 atom stereocenters. The van der Waals surface area contributed by atoms with Gasteiger partial charge in [0.15, 0.2) is 0 Å². The lowest BCUT2D eigenvalue weighted by Crippen LogP contribution is -2.04. The molecule has 4 heteroatoms. The van der Waals surface area contributed by atoms with Crippen LogP contribution in [0.1, 0.15) is 23.7 Å². The third-order valence-corrected chi connectivity index (χ3v) is 3.58. The summed E-state index contributed by atoms with van der Waals surface area (Å²) >= 11 is 0. The van der Waals surface area contributed by atoms with Gasteiger partial charge in [-0.15, -0.1) is 0 Å². The average Bonchev–Trinajstić information content (AvgIpc) is 2.84. The van der Waals surface area contributed by atoms with Gasteiger partial charge in [0.05, 0.1) is 22.9 Å². The Kier molecular flexibility index (Phi) is 2.18. The smallest absolute Gasteiger partial charge is 0.337 e. The van der Waals surface area contributed by atoms with Gasteiger partial charge in [-0.3, -0.25) is 0 Å². The van der Waals surface area contributed by atoms with E-state index in [4.69, 9.17) is 0 Å². The third-order valence-electron chi connectivity index (χ3n) is 3.58. The first-order valence-corrected chi connectivity index (χ1v) is 5.84. The van der Waals surface area contributed by atoms with E-state index in [1.165, 1.54) is 6.42 Å². The standard InChI is InChI=1S/C13H14N2O2/c1-8-5-9(8)6-15-7-14-11-4-2-3-10(12(11)15)13(16)17/h2-4,7-9H,5-6H2,1H3,(H,16,17). The van der Waals surface area contributed by atoms with E-state index >= 15 is 0 Å². The SMILES string of the molecule is CC1CC1Cn1cnc2cccc(C(=O)O)c21. The van der Waals surface area contributed by atoms with Gasteiger partial charge in [-0.25, -0.2) is 9.78 Å². The second-order valence-electron chi connectivity index (χ2n) is 4.85. The molecule has 3 rings (SSSR count). The highest BCUT2D eigenvalue weighted by Gasteiger charge is 2.33. The number of aromatic carboxylic acids is 1. The number of carboxylic acid groups (broad SMARTS) is 1. The molecule has 0 saturated heterocycles. The van der Waals surface area contributed by atoms with Gasteiger partial charge in [0.25, 0.3) is 0 Å². The molecule has 0 aliphatic heterocycles. The van der Waals surface area contributed by atoms with Gasteiger partial charge >= 0.3 is 5.97 Å². The molecule has 1 aromatic heterocycles. The normalized spacial score (nSPS) is 22.9. The highest BCUT2D eigenvalue weighted by Crippen LogP contribution is 2.39. The summed E-state index contributed by atoms with van der Waals surface area (Å²) in [7, 11) is 0. The van der Waals surface area contributed by atoms with Gasteiger partial charge in [-0.05, 0) is 30.4 Å². The number of carboxylic acids is 1. The minimum atomic E-state index is -0.888. The van der Waals surface area contributed by atoms with Crippen LogP contribution in [0.5, 0.6) is 0 Å². The molecule has 1 fully saturated rings. The second kappa shape index (κ2) is 3.58. The lowest BCUT2D eigenvalue weighted by molar-refractivity contribution is 0.0698. The fourth-order valence-electron chi connectivity index (χ4n) is 2.34. The molecule has 0 amide bonds. The predicted octanol–water partition coefficient (Wildman–Crippen LogP) is 2.39. The van der Waals surface area contributed by atoms with Crippen molar-refractivity contribution in [3.05, 3.63) is 30.1 Å². The topological polar surface area (TPSA) is 55.1 Å². The van der Waals surface area contributed by atoms with Crippen LogP contribution < -0.4 is 0 Å². The van der Waals surface area contributed by atoms with E-state index in [-0.39, 0.29) is 0 Å². The molecule has 1 aliphatic carbocycles. The summed E-state index contributed by atoms with van der Waals surface area (Å²) in [4.78, 5) is 15.5. The fourth-order valence-corrected chi connectivity index (χ4v) is 2.34. The van der Waals surface area contributed by atoms with Crippen molar-refractivity contribution in [1.82, 2.24) is 9.55 Å². The van der Waals surface area contributed by atoms with Crippen LogP contribution in [0, 0.1) is 11.8 Å². The Labute approximate surface area is 98.9 Å². The van der Waals surface area contributed by atoms with Crippen LogP contribution in [-0.4, -0.2) is 20.6 Å². The molecule has 1 saturated carbocycles. The molecule has 0 bridgehead atoms. The van der Waals surface area contributed by atoms with Crippen LogP contribution in [0.15, 0.2) is 24.5 Å². The van der Waals surface area contributed by atoms with Crippen LogP contribution >= 0.6 is 0 Å². The molecule has 1 aromatic carbocycles. The monoisotopic (exact) mass is 230 g/mol. The van der Waals surface area contributed by atoms with Gasteiger partial charge in [-0.1, -0.05) is 13.0 Å². The molecule has 0 spiro atoms. The predicted molar refractivity (Wildman–Crippen MR) is 64.0 cm³/mol. The number of nitrogens with zero attached hydrogens (tertiary/aromatic N) is 2. The maximum Gasteiger partial charge on any atom is 0.337 e. The lowest BCUT2D eigenvalue weighted by Gasteiger charge is -2.05. The summed E-state index contributed by atoms with van der Waals surface area (Å²) in [6, 6.07) is 5.23. The minimum absolute atomic E-state index is 0.341. The minimum Gasteiger partial charge on any atom is -0.478 e. The van der Waals surface area contributed by atoms with Crippen molar-refractivity contribution in [3.8, 4) is 0 Å². The van der Waals surface area contributed by atoms with Crippen LogP contribution in [0.2, 0.25) is 0 Å². The van der Waals surface area contributed by atoms with Crippen LogP contribution in [0.4, 0.5) is 0 Å². The first-order chi connectivity index (χ1) is 8.16. The molecule has 0 radical (unpaired) electrons. The number of benzene rings is 1. The van der Waals surface area contributed by atoms with E-state index in [0.717, 1.165) is 23.5 Å². The zero-order valence-electron chi connectivity index (χ0n) is 9.63. The Balaban J connectivity index is 2.08. The largest absolute Gasteiger partial charge is 0.478 e. The Morgan fingerprint density at radius 2 is 2.35 bits per heavy atom. The number of carbonyl (C=O) groups is 1. The first-order valence-electron chi connectivity index (χ1n) is 5.84. The number of fused-ring (bicyclic) bond motifs is 1. The van der Waals surface area contributed by atoms with Gasteiger partial charge < -0.3 is 9.67 Å². The zero-order chi connectivity index (χ0) is 12.0. The molecule has 17 heavy (non-hydrogen) atoms. The number of rotatable bonds is 3. The summed E-state index contributed by atoms with van der Waals surface area (Å²) in [5.41, 5.74) is 1.85. The van der Waals surface area contributed by atoms with Crippen molar-refractivity contribution >= 4 is 17.0 Å². The van der Waals surface area contributed by atoms with E-state index in [1.807, 2.05) is 10.6 Å². The van der Waals surface area contributed by atoms with Crippen LogP contribution in [0.25, 0.3) is 11.0 Å². The second-order valence-corrected chi connectivity index (χ2v) is 4.85. The van der Waals surface area contributed by atoms with Crippen molar-refractivity contribution < 1.29 is 9.90 Å².